The molecule has 0 saturated carbocycles. The van der Waals surface area contributed by atoms with Gasteiger partial charge < -0.3 is 0 Å². The average molecular weight is 306 g/mol. The second kappa shape index (κ2) is 4.92. The van der Waals surface area contributed by atoms with Crippen LogP contribution in [0.3, 0.4) is 0 Å². The molecule has 19 heavy (non-hydrogen) atoms. The Morgan fingerprint density at radius 2 is 1.37 bits per heavy atom. The maximum absolute atomic E-state index is 12.5. The van der Waals surface area contributed by atoms with Crippen molar-refractivity contribution in [3.63, 3.8) is 0 Å². The van der Waals surface area contributed by atoms with E-state index < -0.39 is 35.0 Å². The zero-order valence-electron chi connectivity index (χ0n) is 9.23. The van der Waals surface area contributed by atoms with Gasteiger partial charge in [0.2, 0.25) is 0 Å². The Hall–Kier alpha value is -1.44. The predicted molar refractivity (Wildman–Crippen MR) is 54.4 cm³/mol. The van der Waals surface area contributed by atoms with Gasteiger partial charge in [0, 0.05) is 24.4 Å². The highest BCUT2D eigenvalue weighted by Crippen LogP contribution is 2.36. The molecule has 0 atom stereocenters. The highest BCUT2D eigenvalue weighted by Gasteiger charge is 2.37. The van der Waals surface area contributed by atoms with E-state index >= 15 is 0 Å². The monoisotopic (exact) mass is 305 g/mol. The summed E-state index contributed by atoms with van der Waals surface area (Å²) in [6, 6.07) is 0.567. The molecule has 0 aliphatic heterocycles. The number of benzene rings is 1. The van der Waals surface area contributed by atoms with E-state index in [-0.39, 0.29) is 6.07 Å². The topological polar surface area (TPSA) is 20.3 Å². The first kappa shape index (κ1) is 15.6. The normalized spacial score (nSPS) is 12.4. The molecule has 0 aliphatic rings. The van der Waals surface area contributed by atoms with Crippen LogP contribution in [0.5, 0.6) is 0 Å². The van der Waals surface area contributed by atoms with Crippen LogP contribution in [0.2, 0.25) is 0 Å². The number of nitrogens with zero attached hydrogens (tertiary/aromatic N) is 1. The van der Waals surface area contributed by atoms with E-state index in [2.05, 4.69) is 0 Å². The Balaban J connectivity index is 3.46. The zero-order chi connectivity index (χ0) is 15.0. The van der Waals surface area contributed by atoms with Gasteiger partial charge in [-0.1, -0.05) is 0 Å². The fraction of sp³-hybridized carbons (Fsp3) is 0.300. The fourth-order valence-corrected chi connectivity index (χ4v) is 1.35. The molecule has 9 heteroatoms. The van der Waals surface area contributed by atoms with Gasteiger partial charge in [-0.3, -0.25) is 9.21 Å². The van der Waals surface area contributed by atoms with E-state index in [1.165, 1.54) is 0 Å². The van der Waals surface area contributed by atoms with E-state index in [0.717, 1.165) is 7.05 Å². The number of carbonyl (C=O) groups is 1. The summed E-state index contributed by atoms with van der Waals surface area (Å²) in [6.07, 6.45) is -10.00. The number of hydrogen-bond donors (Lipinski definition) is 0. The van der Waals surface area contributed by atoms with Gasteiger partial charge in [0.25, 0.3) is 5.91 Å². The third-order valence-corrected chi connectivity index (χ3v) is 2.27. The Kier molecular flexibility index (Phi) is 4.04. The molecule has 1 aromatic rings. The molecule has 106 valence electrons. The maximum Gasteiger partial charge on any atom is 0.416 e. The summed E-state index contributed by atoms with van der Waals surface area (Å²) < 4.78 is 75.2. The summed E-state index contributed by atoms with van der Waals surface area (Å²) in [5.41, 5.74) is -3.92. The van der Waals surface area contributed by atoms with Crippen molar-refractivity contribution < 1.29 is 31.1 Å². The fourth-order valence-electron chi connectivity index (χ4n) is 1.26. The molecule has 0 spiro atoms. The quantitative estimate of drug-likeness (QED) is 0.568. The Labute approximate surface area is 108 Å². The van der Waals surface area contributed by atoms with Gasteiger partial charge in [-0.05, 0) is 18.2 Å². The summed E-state index contributed by atoms with van der Waals surface area (Å²) >= 11 is 5.22. The smallest absolute Gasteiger partial charge is 0.268 e. The van der Waals surface area contributed by atoms with Gasteiger partial charge in [-0.15, -0.1) is 0 Å². The van der Waals surface area contributed by atoms with Gasteiger partial charge in [-0.2, -0.15) is 26.3 Å². The molecule has 0 fully saturated rings. The van der Waals surface area contributed by atoms with Crippen molar-refractivity contribution in [1.82, 2.24) is 4.42 Å². The van der Waals surface area contributed by atoms with Crippen molar-refractivity contribution in [3.8, 4) is 0 Å². The van der Waals surface area contributed by atoms with Crippen LogP contribution in [-0.4, -0.2) is 17.4 Å². The van der Waals surface area contributed by atoms with Crippen molar-refractivity contribution in [2.75, 3.05) is 7.05 Å². The van der Waals surface area contributed by atoms with Crippen LogP contribution in [0, 0.1) is 0 Å². The molecule has 0 unspecified atom stereocenters. The molecule has 0 heterocycles. The van der Waals surface area contributed by atoms with Gasteiger partial charge in [0.15, 0.2) is 0 Å². The van der Waals surface area contributed by atoms with Crippen LogP contribution in [0.4, 0.5) is 26.3 Å². The summed E-state index contributed by atoms with van der Waals surface area (Å²) in [5.74, 6) is -1.17. The Bertz CT molecular complexity index is 462. The largest absolute Gasteiger partial charge is 0.416 e. The van der Waals surface area contributed by atoms with Crippen LogP contribution < -0.4 is 0 Å². The lowest BCUT2D eigenvalue weighted by Crippen LogP contribution is -2.19. The minimum atomic E-state index is -5.00. The molecule has 0 saturated heterocycles. The van der Waals surface area contributed by atoms with Crippen molar-refractivity contribution in [2.24, 2.45) is 0 Å². The minimum Gasteiger partial charge on any atom is -0.268 e. The van der Waals surface area contributed by atoms with E-state index in [1.807, 2.05) is 0 Å². The second-order valence-electron chi connectivity index (χ2n) is 3.58. The van der Waals surface area contributed by atoms with Crippen molar-refractivity contribution in [1.29, 1.82) is 0 Å². The number of hydrogen-bond acceptors (Lipinski definition) is 1. The lowest BCUT2D eigenvalue weighted by atomic mass is 10.0. The van der Waals surface area contributed by atoms with Gasteiger partial charge in [-0.25, -0.2) is 0 Å². The van der Waals surface area contributed by atoms with E-state index in [0.29, 0.717) is 16.6 Å². The average Bonchev–Trinajstić information content (AvgIpc) is 2.24. The minimum absolute atomic E-state index is 0.0645. The van der Waals surface area contributed by atoms with Crippen molar-refractivity contribution in [3.05, 3.63) is 34.9 Å². The number of halogens is 7. The van der Waals surface area contributed by atoms with Crippen LogP contribution in [0.1, 0.15) is 21.5 Å². The van der Waals surface area contributed by atoms with Crippen LogP contribution in [-0.2, 0) is 12.4 Å². The Morgan fingerprint density at radius 3 is 1.63 bits per heavy atom. The predicted octanol–water partition coefficient (Wildman–Crippen LogP) is 3.95. The van der Waals surface area contributed by atoms with Gasteiger partial charge >= 0.3 is 12.4 Å². The summed E-state index contributed by atoms with van der Waals surface area (Å²) in [6.45, 7) is 0. The first-order valence-electron chi connectivity index (χ1n) is 4.66. The molecule has 2 nitrogen and oxygen atoms in total. The number of rotatable bonds is 1. The summed E-state index contributed by atoms with van der Waals surface area (Å²) in [4.78, 5) is 11.4. The molecule has 0 radical (unpaired) electrons. The molecule has 1 aromatic carbocycles. The molecular weight excluding hydrogens is 300 g/mol. The number of carbonyl (C=O) groups excluding carboxylic acids is 1. The van der Waals surface area contributed by atoms with E-state index in [1.54, 1.807) is 0 Å². The molecule has 1 amide bonds. The first-order chi connectivity index (χ1) is 8.43. The van der Waals surface area contributed by atoms with Crippen molar-refractivity contribution >= 4 is 17.7 Å². The van der Waals surface area contributed by atoms with Gasteiger partial charge in [0.1, 0.15) is 0 Å². The molecule has 0 bridgehead atoms. The third kappa shape index (κ3) is 3.76. The zero-order valence-corrected chi connectivity index (χ0v) is 9.99. The van der Waals surface area contributed by atoms with Crippen LogP contribution in [0.15, 0.2) is 18.2 Å². The SMILES string of the molecule is CN(Cl)C(=O)c1cc(C(F)(F)F)cc(C(F)(F)F)c1. The highest BCUT2D eigenvalue weighted by molar-refractivity contribution is 6.23. The first-order valence-corrected chi connectivity index (χ1v) is 5.00. The molecule has 0 aromatic heterocycles. The number of amides is 1. The number of alkyl halides is 6. The molecule has 1 rings (SSSR count). The summed E-state index contributed by atoms with van der Waals surface area (Å²) in [5, 5.41) is 0. The van der Waals surface area contributed by atoms with Crippen LogP contribution in [0.25, 0.3) is 0 Å². The second-order valence-corrected chi connectivity index (χ2v) is 4.08. The van der Waals surface area contributed by atoms with E-state index in [4.69, 9.17) is 11.8 Å². The molecule has 0 N–H and O–H groups in total. The maximum atomic E-state index is 12.5. The summed E-state index contributed by atoms with van der Waals surface area (Å²) in [7, 11) is 0.997. The van der Waals surface area contributed by atoms with E-state index in [9.17, 15) is 31.1 Å². The van der Waals surface area contributed by atoms with Crippen LogP contribution >= 0.6 is 11.8 Å². The Morgan fingerprint density at radius 1 is 1.00 bits per heavy atom. The van der Waals surface area contributed by atoms with Crippen molar-refractivity contribution in [2.45, 2.75) is 12.4 Å². The molecular formula is C10H6ClF6NO. The van der Waals surface area contributed by atoms with Gasteiger partial charge in [0.05, 0.1) is 11.1 Å². The lowest BCUT2D eigenvalue weighted by Gasteiger charge is -2.15. The standard InChI is InChI=1S/C10H6ClF6NO/c1-18(11)8(19)5-2-6(9(12,13)14)4-7(3-5)10(15,16)17/h2-4H,1H3. The lowest BCUT2D eigenvalue weighted by molar-refractivity contribution is -0.143. The third-order valence-electron chi connectivity index (χ3n) is 2.11. The molecule has 0 aliphatic carbocycles. The highest BCUT2D eigenvalue weighted by atomic mass is 35.5.